The van der Waals surface area contributed by atoms with Crippen molar-refractivity contribution in [1.82, 2.24) is 4.98 Å². The SMILES string of the molecule is NS(=O)(=O)c1ccc(Cl)c(NCc2ncc(Br)cc2Br)c1. The van der Waals surface area contributed by atoms with Crippen molar-refractivity contribution >= 4 is 59.2 Å². The number of nitrogens with zero attached hydrogens (tertiary/aromatic N) is 1. The smallest absolute Gasteiger partial charge is 0.238 e. The van der Waals surface area contributed by atoms with Gasteiger partial charge in [-0.3, -0.25) is 4.98 Å². The maximum Gasteiger partial charge on any atom is 0.238 e. The van der Waals surface area contributed by atoms with Crippen LogP contribution in [0.5, 0.6) is 0 Å². The summed E-state index contributed by atoms with van der Waals surface area (Å²) in [6.07, 6.45) is 1.67. The summed E-state index contributed by atoms with van der Waals surface area (Å²) in [4.78, 5) is 4.25. The highest BCUT2D eigenvalue weighted by molar-refractivity contribution is 9.11. The second-order valence-electron chi connectivity index (χ2n) is 4.12. The number of hydrogen-bond acceptors (Lipinski definition) is 4. The van der Waals surface area contributed by atoms with Crippen LogP contribution in [-0.2, 0) is 16.6 Å². The summed E-state index contributed by atoms with van der Waals surface area (Å²) in [7, 11) is -3.77. The maximum absolute atomic E-state index is 11.3. The summed E-state index contributed by atoms with van der Waals surface area (Å²) >= 11 is 12.8. The highest BCUT2D eigenvalue weighted by Crippen LogP contribution is 2.26. The lowest BCUT2D eigenvalue weighted by molar-refractivity contribution is 0.598. The predicted octanol–water partition coefficient (Wildman–Crippen LogP) is 3.52. The van der Waals surface area contributed by atoms with Crippen LogP contribution in [0.15, 0.2) is 44.3 Å². The second-order valence-corrected chi connectivity index (χ2v) is 7.86. The van der Waals surface area contributed by atoms with Crippen molar-refractivity contribution in [3.8, 4) is 0 Å². The summed E-state index contributed by atoms with van der Waals surface area (Å²) in [5.41, 5.74) is 1.23. The highest BCUT2D eigenvalue weighted by atomic mass is 79.9. The van der Waals surface area contributed by atoms with E-state index in [4.69, 9.17) is 16.7 Å². The molecule has 0 saturated carbocycles. The van der Waals surface area contributed by atoms with E-state index in [0.29, 0.717) is 17.3 Å². The first-order valence-corrected chi connectivity index (χ1v) is 9.14. The van der Waals surface area contributed by atoms with E-state index in [1.807, 2.05) is 6.07 Å². The third-order valence-corrected chi connectivity index (χ3v) is 4.96. The van der Waals surface area contributed by atoms with Crippen LogP contribution >= 0.6 is 43.5 Å². The Morgan fingerprint density at radius 1 is 1.29 bits per heavy atom. The molecule has 3 N–H and O–H groups in total. The zero-order valence-electron chi connectivity index (χ0n) is 10.5. The molecule has 0 aliphatic rings. The lowest BCUT2D eigenvalue weighted by Gasteiger charge is -2.10. The van der Waals surface area contributed by atoms with Gasteiger partial charge in [0.15, 0.2) is 0 Å². The van der Waals surface area contributed by atoms with Crippen LogP contribution in [0.25, 0.3) is 0 Å². The van der Waals surface area contributed by atoms with Gasteiger partial charge in [0.1, 0.15) is 0 Å². The summed E-state index contributed by atoms with van der Waals surface area (Å²) < 4.78 is 24.4. The number of hydrogen-bond donors (Lipinski definition) is 2. The lowest BCUT2D eigenvalue weighted by atomic mass is 10.3. The van der Waals surface area contributed by atoms with Gasteiger partial charge in [-0.15, -0.1) is 0 Å². The van der Waals surface area contributed by atoms with Crippen molar-refractivity contribution in [1.29, 1.82) is 0 Å². The number of benzene rings is 1. The number of anilines is 1. The van der Waals surface area contributed by atoms with Crippen LogP contribution in [0.2, 0.25) is 5.02 Å². The molecule has 5 nitrogen and oxygen atoms in total. The van der Waals surface area contributed by atoms with Gasteiger partial charge in [0, 0.05) is 15.1 Å². The minimum absolute atomic E-state index is 0.00256. The summed E-state index contributed by atoms with van der Waals surface area (Å²) in [5, 5.41) is 8.54. The molecule has 0 atom stereocenters. The Hall–Kier alpha value is -0.670. The molecular formula is C12H10Br2ClN3O2S. The third-order valence-electron chi connectivity index (χ3n) is 2.60. The molecule has 9 heteroatoms. The van der Waals surface area contributed by atoms with Gasteiger partial charge in [0.05, 0.1) is 27.8 Å². The van der Waals surface area contributed by atoms with E-state index in [9.17, 15) is 8.42 Å². The number of primary sulfonamides is 1. The van der Waals surface area contributed by atoms with Crippen LogP contribution in [0.3, 0.4) is 0 Å². The first-order valence-electron chi connectivity index (χ1n) is 5.63. The van der Waals surface area contributed by atoms with Crippen molar-refractivity contribution in [2.24, 2.45) is 5.14 Å². The van der Waals surface area contributed by atoms with E-state index in [0.717, 1.165) is 14.6 Å². The van der Waals surface area contributed by atoms with Gasteiger partial charge in [-0.05, 0) is 56.1 Å². The number of pyridine rings is 1. The van der Waals surface area contributed by atoms with Crippen molar-refractivity contribution in [2.75, 3.05) is 5.32 Å². The number of sulfonamides is 1. The lowest BCUT2D eigenvalue weighted by Crippen LogP contribution is -2.12. The molecule has 112 valence electrons. The second kappa shape index (κ2) is 6.62. The Kier molecular flexibility index (Phi) is 5.26. The van der Waals surface area contributed by atoms with Crippen molar-refractivity contribution in [3.05, 3.63) is 50.1 Å². The summed E-state index contributed by atoms with van der Waals surface area (Å²) in [5.74, 6) is 0. The molecule has 0 aliphatic heterocycles. The molecule has 1 heterocycles. The Balaban J connectivity index is 2.23. The highest BCUT2D eigenvalue weighted by Gasteiger charge is 2.11. The average Bonchev–Trinajstić information content (AvgIpc) is 2.38. The normalized spacial score (nSPS) is 11.4. The molecule has 0 aliphatic carbocycles. The Morgan fingerprint density at radius 3 is 2.62 bits per heavy atom. The van der Waals surface area contributed by atoms with Gasteiger partial charge >= 0.3 is 0 Å². The molecule has 0 amide bonds. The minimum atomic E-state index is -3.77. The van der Waals surface area contributed by atoms with Crippen molar-refractivity contribution in [2.45, 2.75) is 11.4 Å². The zero-order valence-corrected chi connectivity index (χ0v) is 15.2. The molecule has 0 spiro atoms. The van der Waals surface area contributed by atoms with Crippen LogP contribution in [0.1, 0.15) is 5.69 Å². The summed E-state index contributed by atoms with van der Waals surface area (Å²) in [6, 6.07) is 6.10. The molecular weight excluding hydrogens is 445 g/mol. The standard InChI is InChI=1S/C12H10Br2ClN3O2S/c13-7-3-9(14)12(17-5-7)6-18-11-4-8(21(16,19)20)1-2-10(11)15/h1-5,18H,6H2,(H2,16,19,20). The predicted molar refractivity (Wildman–Crippen MR) is 89.8 cm³/mol. The fourth-order valence-electron chi connectivity index (χ4n) is 1.57. The zero-order chi connectivity index (χ0) is 15.6. The largest absolute Gasteiger partial charge is 0.378 e. The Morgan fingerprint density at radius 2 is 2.00 bits per heavy atom. The van der Waals surface area contributed by atoms with Crippen molar-refractivity contribution in [3.63, 3.8) is 0 Å². The Bertz CT molecular complexity index is 784. The number of nitrogens with two attached hydrogens (primary N) is 1. The van der Waals surface area contributed by atoms with E-state index >= 15 is 0 Å². The third kappa shape index (κ3) is 4.40. The Labute approximate surface area is 144 Å². The van der Waals surface area contributed by atoms with Gasteiger partial charge in [0.2, 0.25) is 10.0 Å². The van der Waals surface area contributed by atoms with Gasteiger partial charge in [-0.1, -0.05) is 11.6 Å². The molecule has 0 bridgehead atoms. The molecule has 2 aromatic rings. The van der Waals surface area contributed by atoms with Crippen LogP contribution in [-0.4, -0.2) is 13.4 Å². The fraction of sp³-hybridized carbons (Fsp3) is 0.0833. The molecule has 0 saturated heterocycles. The molecule has 1 aromatic carbocycles. The maximum atomic E-state index is 11.3. The van der Waals surface area contributed by atoms with Gasteiger partial charge in [-0.25, -0.2) is 13.6 Å². The first kappa shape index (κ1) is 16.7. The van der Waals surface area contributed by atoms with E-state index in [1.54, 1.807) is 6.20 Å². The molecule has 21 heavy (non-hydrogen) atoms. The van der Waals surface area contributed by atoms with Crippen molar-refractivity contribution < 1.29 is 8.42 Å². The minimum Gasteiger partial charge on any atom is -0.378 e. The topological polar surface area (TPSA) is 85.1 Å². The molecule has 0 radical (unpaired) electrons. The molecule has 2 rings (SSSR count). The van der Waals surface area contributed by atoms with Crippen LogP contribution in [0, 0.1) is 0 Å². The van der Waals surface area contributed by atoms with Gasteiger partial charge in [-0.2, -0.15) is 0 Å². The number of aromatic nitrogens is 1. The number of rotatable bonds is 4. The number of nitrogens with one attached hydrogen (secondary N) is 1. The van der Waals surface area contributed by atoms with E-state index in [-0.39, 0.29) is 4.90 Å². The first-order chi connectivity index (χ1) is 9.77. The number of halogens is 3. The van der Waals surface area contributed by atoms with E-state index in [2.05, 4.69) is 42.2 Å². The van der Waals surface area contributed by atoms with Crippen LogP contribution in [0.4, 0.5) is 5.69 Å². The molecule has 0 fully saturated rings. The summed E-state index contributed by atoms with van der Waals surface area (Å²) in [6.45, 7) is 0.377. The molecule has 1 aromatic heterocycles. The monoisotopic (exact) mass is 453 g/mol. The van der Waals surface area contributed by atoms with E-state index < -0.39 is 10.0 Å². The quantitative estimate of drug-likeness (QED) is 0.739. The molecule has 0 unspecified atom stereocenters. The fourth-order valence-corrected chi connectivity index (χ4v) is 3.42. The van der Waals surface area contributed by atoms with E-state index in [1.165, 1.54) is 18.2 Å². The van der Waals surface area contributed by atoms with Gasteiger partial charge in [0.25, 0.3) is 0 Å². The average molecular weight is 456 g/mol. The van der Waals surface area contributed by atoms with Gasteiger partial charge < -0.3 is 5.32 Å². The van der Waals surface area contributed by atoms with Crippen LogP contribution < -0.4 is 10.5 Å².